The molecule has 0 fully saturated rings. The third-order valence-corrected chi connectivity index (χ3v) is 2.90. The fourth-order valence-corrected chi connectivity index (χ4v) is 1.73. The number of guanidine groups is 1. The Labute approximate surface area is 128 Å². The van der Waals surface area contributed by atoms with Crippen LogP contribution in [-0.4, -0.2) is 42.0 Å². The molecule has 1 aromatic heterocycles. The van der Waals surface area contributed by atoms with E-state index in [1.54, 1.807) is 4.68 Å². The molecule has 2 N–H and O–H groups in total. The van der Waals surface area contributed by atoms with E-state index in [0.717, 1.165) is 37.6 Å². The van der Waals surface area contributed by atoms with Crippen molar-refractivity contribution < 1.29 is 4.74 Å². The smallest absolute Gasteiger partial charge is 0.191 e. The molecule has 0 amide bonds. The van der Waals surface area contributed by atoms with Gasteiger partial charge >= 0.3 is 0 Å². The maximum atomic E-state index is 5.58. The minimum atomic E-state index is 0.622. The topological polar surface area (TPSA) is 63.5 Å². The van der Waals surface area contributed by atoms with Crippen molar-refractivity contribution in [2.24, 2.45) is 18.0 Å². The van der Waals surface area contributed by atoms with Gasteiger partial charge in [-0.15, -0.1) is 0 Å². The number of rotatable bonds is 9. The second kappa shape index (κ2) is 10.2. The van der Waals surface area contributed by atoms with E-state index in [1.165, 1.54) is 0 Å². The van der Waals surface area contributed by atoms with Gasteiger partial charge < -0.3 is 15.4 Å². The molecule has 0 radical (unpaired) electrons. The maximum absolute atomic E-state index is 5.58. The Morgan fingerprint density at radius 1 is 1.38 bits per heavy atom. The number of hydrogen-bond acceptors (Lipinski definition) is 3. The SMILES string of the molecule is CCNC(=NCc1cnn(C)c1)NCCOCCC(C)C. The highest BCUT2D eigenvalue weighted by Gasteiger charge is 1.99. The van der Waals surface area contributed by atoms with Crippen LogP contribution in [0.2, 0.25) is 0 Å². The van der Waals surface area contributed by atoms with Gasteiger partial charge in [0, 0.05) is 38.5 Å². The Bertz CT molecular complexity index is 414. The number of nitrogens with one attached hydrogen (secondary N) is 2. The summed E-state index contributed by atoms with van der Waals surface area (Å²) in [7, 11) is 1.91. The molecule has 1 aromatic rings. The van der Waals surface area contributed by atoms with Crippen LogP contribution in [0.4, 0.5) is 0 Å². The van der Waals surface area contributed by atoms with Crippen LogP contribution < -0.4 is 10.6 Å². The van der Waals surface area contributed by atoms with E-state index in [9.17, 15) is 0 Å². The Morgan fingerprint density at radius 3 is 2.81 bits per heavy atom. The van der Waals surface area contributed by atoms with Crippen molar-refractivity contribution in [3.8, 4) is 0 Å². The minimum absolute atomic E-state index is 0.622. The number of nitrogens with zero attached hydrogens (tertiary/aromatic N) is 3. The Kier molecular flexibility index (Phi) is 8.50. The van der Waals surface area contributed by atoms with Gasteiger partial charge in [0.15, 0.2) is 5.96 Å². The quantitative estimate of drug-likeness (QED) is 0.412. The molecular formula is C15H29N5O. The Morgan fingerprint density at radius 2 is 2.19 bits per heavy atom. The molecule has 21 heavy (non-hydrogen) atoms. The number of ether oxygens (including phenoxy) is 1. The molecule has 0 aliphatic carbocycles. The van der Waals surface area contributed by atoms with Crippen molar-refractivity contribution in [1.29, 1.82) is 0 Å². The van der Waals surface area contributed by atoms with Gasteiger partial charge in [0.05, 0.1) is 19.3 Å². The first kappa shape index (κ1) is 17.5. The molecule has 0 unspecified atom stereocenters. The second-order valence-electron chi connectivity index (χ2n) is 5.44. The summed E-state index contributed by atoms with van der Waals surface area (Å²) in [5.74, 6) is 1.50. The van der Waals surface area contributed by atoms with E-state index in [4.69, 9.17) is 4.74 Å². The monoisotopic (exact) mass is 295 g/mol. The first-order valence-electron chi connectivity index (χ1n) is 7.69. The van der Waals surface area contributed by atoms with Crippen LogP contribution in [0.3, 0.4) is 0 Å². The van der Waals surface area contributed by atoms with Crippen LogP contribution >= 0.6 is 0 Å². The molecule has 0 saturated heterocycles. The van der Waals surface area contributed by atoms with E-state index in [-0.39, 0.29) is 0 Å². The van der Waals surface area contributed by atoms with Crippen molar-refractivity contribution in [1.82, 2.24) is 20.4 Å². The summed E-state index contributed by atoms with van der Waals surface area (Å²) in [6.07, 6.45) is 4.92. The van der Waals surface area contributed by atoms with Gasteiger partial charge in [-0.2, -0.15) is 5.10 Å². The average molecular weight is 295 g/mol. The third-order valence-electron chi connectivity index (χ3n) is 2.90. The molecule has 0 aliphatic rings. The van der Waals surface area contributed by atoms with Crippen molar-refractivity contribution >= 4 is 5.96 Å². The molecule has 0 spiro atoms. The molecule has 6 heteroatoms. The summed E-state index contributed by atoms with van der Waals surface area (Å²) in [5, 5.41) is 10.6. The highest BCUT2D eigenvalue weighted by molar-refractivity contribution is 5.79. The van der Waals surface area contributed by atoms with Crippen LogP contribution in [0.5, 0.6) is 0 Å². The summed E-state index contributed by atoms with van der Waals surface area (Å²) in [4.78, 5) is 4.53. The first-order valence-corrected chi connectivity index (χ1v) is 7.69. The van der Waals surface area contributed by atoms with E-state index in [1.807, 2.05) is 19.4 Å². The summed E-state index contributed by atoms with van der Waals surface area (Å²) in [6.45, 7) is 10.2. The van der Waals surface area contributed by atoms with Crippen molar-refractivity contribution in [3.05, 3.63) is 18.0 Å². The van der Waals surface area contributed by atoms with E-state index < -0.39 is 0 Å². The number of hydrogen-bond donors (Lipinski definition) is 2. The molecular weight excluding hydrogens is 266 g/mol. The maximum Gasteiger partial charge on any atom is 0.191 e. The molecule has 0 aliphatic heterocycles. The van der Waals surface area contributed by atoms with E-state index in [0.29, 0.717) is 19.1 Å². The fourth-order valence-electron chi connectivity index (χ4n) is 1.73. The van der Waals surface area contributed by atoms with Crippen molar-refractivity contribution in [2.75, 3.05) is 26.3 Å². The van der Waals surface area contributed by atoms with Gasteiger partial charge in [0.2, 0.25) is 0 Å². The van der Waals surface area contributed by atoms with Crippen LogP contribution in [-0.2, 0) is 18.3 Å². The largest absolute Gasteiger partial charge is 0.380 e. The third kappa shape index (κ3) is 8.34. The predicted octanol–water partition coefficient (Wildman–Crippen LogP) is 1.54. The summed E-state index contributed by atoms with van der Waals surface area (Å²) >= 11 is 0. The Balaban J connectivity index is 2.25. The zero-order valence-electron chi connectivity index (χ0n) is 13.7. The normalized spacial score (nSPS) is 12.0. The van der Waals surface area contributed by atoms with Crippen molar-refractivity contribution in [2.45, 2.75) is 33.7 Å². The minimum Gasteiger partial charge on any atom is -0.380 e. The number of aryl methyl sites for hydroxylation is 1. The summed E-state index contributed by atoms with van der Waals surface area (Å²) in [5.41, 5.74) is 1.10. The van der Waals surface area contributed by atoms with Gasteiger partial charge in [-0.05, 0) is 19.3 Å². The fraction of sp³-hybridized carbons (Fsp3) is 0.733. The lowest BCUT2D eigenvalue weighted by atomic mass is 10.1. The first-order chi connectivity index (χ1) is 10.1. The molecule has 1 rings (SSSR count). The lowest BCUT2D eigenvalue weighted by Crippen LogP contribution is -2.39. The van der Waals surface area contributed by atoms with Crippen molar-refractivity contribution in [3.63, 3.8) is 0 Å². The number of aliphatic imine (C=N–C) groups is 1. The van der Waals surface area contributed by atoms with Crippen LogP contribution in [0, 0.1) is 5.92 Å². The van der Waals surface area contributed by atoms with Gasteiger partial charge in [-0.3, -0.25) is 4.68 Å². The van der Waals surface area contributed by atoms with Gasteiger partial charge in [-0.25, -0.2) is 4.99 Å². The van der Waals surface area contributed by atoms with Crippen LogP contribution in [0.15, 0.2) is 17.4 Å². The lowest BCUT2D eigenvalue weighted by molar-refractivity contribution is 0.128. The molecule has 0 saturated carbocycles. The van der Waals surface area contributed by atoms with Gasteiger partial charge in [-0.1, -0.05) is 13.8 Å². The summed E-state index contributed by atoms with van der Waals surface area (Å²) in [6, 6.07) is 0. The molecule has 0 atom stereocenters. The van der Waals surface area contributed by atoms with Crippen LogP contribution in [0.1, 0.15) is 32.8 Å². The van der Waals surface area contributed by atoms with Crippen LogP contribution in [0.25, 0.3) is 0 Å². The molecule has 1 heterocycles. The molecule has 120 valence electrons. The Hall–Kier alpha value is -1.56. The highest BCUT2D eigenvalue weighted by atomic mass is 16.5. The second-order valence-corrected chi connectivity index (χ2v) is 5.44. The molecule has 0 aromatic carbocycles. The number of aromatic nitrogens is 2. The zero-order valence-corrected chi connectivity index (χ0v) is 13.7. The average Bonchev–Trinajstić information content (AvgIpc) is 2.85. The molecule has 6 nitrogen and oxygen atoms in total. The standard InChI is InChI=1S/C15H29N5O/c1-5-16-15(17-7-9-21-8-6-13(2)3)18-10-14-11-19-20(4)12-14/h11-13H,5-10H2,1-4H3,(H2,16,17,18). The van der Waals surface area contributed by atoms with Gasteiger partial charge in [0.1, 0.15) is 0 Å². The van der Waals surface area contributed by atoms with Gasteiger partial charge in [0.25, 0.3) is 0 Å². The zero-order chi connectivity index (χ0) is 15.5. The summed E-state index contributed by atoms with van der Waals surface area (Å²) < 4.78 is 7.37. The highest BCUT2D eigenvalue weighted by Crippen LogP contribution is 1.99. The predicted molar refractivity (Wildman–Crippen MR) is 86.3 cm³/mol. The lowest BCUT2D eigenvalue weighted by Gasteiger charge is -2.11. The van der Waals surface area contributed by atoms with E-state index in [2.05, 4.69) is 41.5 Å². The van der Waals surface area contributed by atoms with E-state index >= 15 is 0 Å². The molecule has 0 bridgehead atoms.